The molecule has 1 fully saturated rings. The van der Waals surface area contributed by atoms with E-state index in [0.717, 1.165) is 11.1 Å². The highest BCUT2D eigenvalue weighted by molar-refractivity contribution is 7.99. The van der Waals surface area contributed by atoms with Crippen molar-refractivity contribution in [2.75, 3.05) is 5.75 Å². The van der Waals surface area contributed by atoms with Crippen LogP contribution in [0.25, 0.3) is 0 Å². The van der Waals surface area contributed by atoms with Gasteiger partial charge in [-0.1, -0.05) is 24.3 Å². The lowest BCUT2D eigenvalue weighted by Gasteiger charge is -2.34. The van der Waals surface area contributed by atoms with E-state index in [-0.39, 0.29) is 5.69 Å². The van der Waals surface area contributed by atoms with Gasteiger partial charge in [-0.15, -0.1) is 11.8 Å². The summed E-state index contributed by atoms with van der Waals surface area (Å²) in [4.78, 5) is 10.2. The molecule has 2 aromatic carbocycles. The summed E-state index contributed by atoms with van der Waals surface area (Å²) in [6, 6.07) is 13.7. The van der Waals surface area contributed by atoms with Gasteiger partial charge in [0, 0.05) is 17.9 Å². The molecular formula is C18H19NO6S. The monoisotopic (exact) mass is 377 g/mol. The molecule has 0 saturated carbocycles. The van der Waals surface area contributed by atoms with Crippen LogP contribution in [0.4, 0.5) is 5.69 Å². The van der Waals surface area contributed by atoms with E-state index in [4.69, 9.17) is 4.74 Å². The van der Waals surface area contributed by atoms with Crippen molar-refractivity contribution < 1.29 is 25.0 Å². The third-order valence-electron chi connectivity index (χ3n) is 4.19. The lowest BCUT2D eigenvalue weighted by molar-refractivity contribution is -0.384. The molecule has 3 rings (SSSR count). The van der Waals surface area contributed by atoms with Gasteiger partial charge in [0.15, 0.2) is 5.44 Å². The van der Waals surface area contributed by atoms with Gasteiger partial charge in [-0.05, 0) is 29.7 Å². The van der Waals surface area contributed by atoms with Crippen LogP contribution in [0.15, 0.2) is 48.5 Å². The summed E-state index contributed by atoms with van der Waals surface area (Å²) in [5.74, 6) is 0.846. The normalized spacial score (nSPS) is 25.7. The molecule has 1 aliphatic heterocycles. The summed E-state index contributed by atoms with van der Waals surface area (Å²) in [6.45, 7) is 0. The molecule has 0 radical (unpaired) electrons. The first-order valence-corrected chi connectivity index (χ1v) is 9.13. The third kappa shape index (κ3) is 4.34. The van der Waals surface area contributed by atoms with Crippen molar-refractivity contribution in [2.45, 2.75) is 30.2 Å². The average molecular weight is 377 g/mol. The highest BCUT2D eigenvalue weighted by Gasteiger charge is 2.38. The second-order valence-electron chi connectivity index (χ2n) is 6.11. The van der Waals surface area contributed by atoms with Crippen LogP contribution < -0.4 is 4.74 Å². The van der Waals surface area contributed by atoms with Crippen molar-refractivity contribution >= 4 is 17.4 Å². The summed E-state index contributed by atoms with van der Waals surface area (Å²) < 4.78 is 5.70. The molecule has 0 aromatic heterocycles. The van der Waals surface area contributed by atoms with Crippen LogP contribution in [0.2, 0.25) is 0 Å². The van der Waals surface area contributed by atoms with Gasteiger partial charge in [-0.25, -0.2) is 0 Å². The number of ether oxygens (including phenoxy) is 1. The Balaban J connectivity index is 1.60. The molecule has 1 heterocycles. The molecule has 0 aliphatic carbocycles. The number of nitro groups is 1. The number of nitro benzene ring substituents is 1. The molecule has 0 amide bonds. The first kappa shape index (κ1) is 18.7. The highest BCUT2D eigenvalue weighted by atomic mass is 32.2. The maximum atomic E-state index is 10.7. The van der Waals surface area contributed by atoms with Gasteiger partial charge in [0.2, 0.25) is 0 Å². The fraction of sp³-hybridized carbons (Fsp3) is 0.333. The minimum atomic E-state index is -1.22. The van der Waals surface area contributed by atoms with Crippen molar-refractivity contribution in [2.24, 2.45) is 0 Å². The van der Waals surface area contributed by atoms with Gasteiger partial charge < -0.3 is 20.1 Å². The Labute approximate surface area is 154 Å². The Morgan fingerprint density at radius 2 is 1.58 bits per heavy atom. The second-order valence-corrected chi connectivity index (χ2v) is 7.24. The lowest BCUT2D eigenvalue weighted by atomic mass is 10.0. The standard InChI is InChI=1S/C18H19NO6S/c20-15-10-26-18(17(22)16(15)21)25-14-7-3-12(4-8-14)9-11-1-5-13(6-2-11)19(23)24/h1-8,15-18,20-22H,9-10H2/t15-,16+,17-,18-/m1/s1. The molecule has 1 aliphatic rings. The molecule has 138 valence electrons. The Morgan fingerprint density at radius 3 is 2.15 bits per heavy atom. The zero-order chi connectivity index (χ0) is 18.7. The van der Waals surface area contributed by atoms with Crippen molar-refractivity contribution in [3.05, 3.63) is 69.8 Å². The van der Waals surface area contributed by atoms with Gasteiger partial charge in [-0.3, -0.25) is 10.1 Å². The molecule has 8 heteroatoms. The van der Waals surface area contributed by atoms with E-state index in [1.54, 1.807) is 24.3 Å². The topological polar surface area (TPSA) is 113 Å². The molecule has 1 saturated heterocycles. The Hall–Kier alpha value is -2.13. The van der Waals surface area contributed by atoms with E-state index < -0.39 is 28.7 Å². The first-order valence-electron chi connectivity index (χ1n) is 8.09. The molecule has 7 nitrogen and oxygen atoms in total. The molecule has 0 unspecified atom stereocenters. The third-order valence-corrected chi connectivity index (χ3v) is 5.42. The predicted molar refractivity (Wildman–Crippen MR) is 97.2 cm³/mol. The van der Waals surface area contributed by atoms with Crippen LogP contribution in [0.1, 0.15) is 11.1 Å². The maximum Gasteiger partial charge on any atom is 0.269 e. The Morgan fingerprint density at radius 1 is 1.00 bits per heavy atom. The van der Waals surface area contributed by atoms with Gasteiger partial charge >= 0.3 is 0 Å². The van der Waals surface area contributed by atoms with E-state index in [2.05, 4.69) is 0 Å². The van der Waals surface area contributed by atoms with Gasteiger partial charge in [0.05, 0.1) is 11.0 Å². The van der Waals surface area contributed by atoms with Crippen LogP contribution in [0.5, 0.6) is 5.75 Å². The number of hydrogen-bond donors (Lipinski definition) is 3. The zero-order valence-corrected chi connectivity index (χ0v) is 14.6. The number of rotatable bonds is 5. The smallest absolute Gasteiger partial charge is 0.269 e. The number of aliphatic hydroxyl groups excluding tert-OH is 3. The number of benzene rings is 2. The van der Waals surface area contributed by atoms with E-state index >= 15 is 0 Å². The minimum absolute atomic E-state index is 0.0633. The van der Waals surface area contributed by atoms with E-state index in [1.807, 2.05) is 12.1 Å². The SMILES string of the molecule is O=[N+]([O-])c1ccc(Cc2ccc(O[C@@H]3SC[C@@H](O)[C@H](O)[C@H]3O)cc2)cc1. The predicted octanol–water partition coefficient (Wildman–Crippen LogP) is 1.72. The number of nitrogens with zero attached hydrogens (tertiary/aromatic N) is 1. The van der Waals surface area contributed by atoms with Crippen LogP contribution >= 0.6 is 11.8 Å². The van der Waals surface area contributed by atoms with Gasteiger partial charge in [-0.2, -0.15) is 0 Å². The number of non-ortho nitro benzene ring substituents is 1. The van der Waals surface area contributed by atoms with Gasteiger partial charge in [0.25, 0.3) is 5.69 Å². The molecule has 26 heavy (non-hydrogen) atoms. The van der Waals surface area contributed by atoms with Crippen molar-refractivity contribution in [3.8, 4) is 5.75 Å². The minimum Gasteiger partial charge on any atom is -0.477 e. The quantitative estimate of drug-likeness (QED) is 0.537. The van der Waals surface area contributed by atoms with Crippen LogP contribution in [-0.2, 0) is 6.42 Å². The Bertz CT molecular complexity index is 751. The van der Waals surface area contributed by atoms with E-state index in [9.17, 15) is 25.4 Å². The Kier molecular flexibility index (Phi) is 5.77. The van der Waals surface area contributed by atoms with Crippen LogP contribution in [0.3, 0.4) is 0 Å². The number of thioether (sulfide) groups is 1. The summed E-state index contributed by atoms with van der Waals surface area (Å²) in [5, 5.41) is 39.9. The number of hydrogen-bond acceptors (Lipinski definition) is 7. The fourth-order valence-electron chi connectivity index (χ4n) is 2.67. The first-order chi connectivity index (χ1) is 12.4. The molecular weight excluding hydrogens is 358 g/mol. The van der Waals surface area contributed by atoms with Crippen molar-refractivity contribution in [1.82, 2.24) is 0 Å². The summed E-state index contributed by atoms with van der Waals surface area (Å²) >= 11 is 1.25. The largest absolute Gasteiger partial charge is 0.477 e. The van der Waals surface area contributed by atoms with Crippen LogP contribution in [-0.4, -0.2) is 49.7 Å². The van der Waals surface area contributed by atoms with E-state index in [1.165, 1.54) is 23.9 Å². The molecule has 0 spiro atoms. The summed E-state index contributed by atoms with van der Waals surface area (Å²) in [6.07, 6.45) is -2.71. The van der Waals surface area contributed by atoms with Crippen molar-refractivity contribution in [1.29, 1.82) is 0 Å². The van der Waals surface area contributed by atoms with Crippen molar-refractivity contribution in [3.63, 3.8) is 0 Å². The lowest BCUT2D eigenvalue weighted by Crippen LogP contribution is -2.50. The summed E-state index contributed by atoms with van der Waals surface area (Å²) in [5.41, 5.74) is 1.39. The molecule has 3 N–H and O–H groups in total. The highest BCUT2D eigenvalue weighted by Crippen LogP contribution is 2.29. The maximum absolute atomic E-state index is 10.7. The fourth-order valence-corrected chi connectivity index (χ4v) is 3.80. The molecule has 2 aromatic rings. The van der Waals surface area contributed by atoms with Gasteiger partial charge in [0.1, 0.15) is 18.0 Å². The second kappa shape index (κ2) is 8.05. The summed E-state index contributed by atoms with van der Waals surface area (Å²) in [7, 11) is 0. The zero-order valence-electron chi connectivity index (χ0n) is 13.8. The number of aliphatic hydroxyl groups is 3. The van der Waals surface area contributed by atoms with E-state index in [0.29, 0.717) is 17.9 Å². The average Bonchev–Trinajstić information content (AvgIpc) is 2.64. The van der Waals surface area contributed by atoms with Crippen LogP contribution in [0, 0.1) is 10.1 Å². The molecule has 4 atom stereocenters. The molecule has 0 bridgehead atoms.